The molecule has 0 aliphatic rings. The van der Waals surface area contributed by atoms with Gasteiger partial charge in [-0.15, -0.1) is 0 Å². The summed E-state index contributed by atoms with van der Waals surface area (Å²) in [5, 5.41) is 3.03. The summed E-state index contributed by atoms with van der Waals surface area (Å²) in [5.41, 5.74) is 1.24. The average Bonchev–Trinajstić information content (AvgIpc) is 2.62. The van der Waals surface area contributed by atoms with Crippen LogP contribution in [0, 0.1) is 0 Å². The van der Waals surface area contributed by atoms with E-state index in [1.54, 1.807) is 49.6 Å². The number of amides is 1. The number of hydrogen-bond acceptors (Lipinski definition) is 4. The summed E-state index contributed by atoms with van der Waals surface area (Å²) in [6.07, 6.45) is 1.89. The van der Waals surface area contributed by atoms with E-state index in [9.17, 15) is 9.59 Å². The molecule has 5 nitrogen and oxygen atoms in total. The zero-order valence-electron chi connectivity index (χ0n) is 13.9. The van der Waals surface area contributed by atoms with Crippen LogP contribution >= 0.6 is 11.6 Å². The predicted molar refractivity (Wildman–Crippen MR) is 97.7 cm³/mol. The van der Waals surface area contributed by atoms with Crippen LogP contribution in [0.2, 0.25) is 5.02 Å². The molecule has 0 spiro atoms. The molecule has 0 radical (unpaired) electrons. The molecular weight excluding hydrogens is 342 g/mol. The first kappa shape index (κ1) is 18.5. The van der Waals surface area contributed by atoms with Crippen molar-refractivity contribution in [3.63, 3.8) is 0 Å². The molecule has 2 rings (SSSR count). The van der Waals surface area contributed by atoms with Crippen LogP contribution in [-0.4, -0.2) is 25.1 Å². The first-order chi connectivity index (χ1) is 12.0. The Bertz CT molecular complexity index is 788. The third-order valence-electron chi connectivity index (χ3n) is 3.30. The molecule has 130 valence electrons. The van der Waals surface area contributed by atoms with E-state index in [0.29, 0.717) is 16.5 Å². The summed E-state index contributed by atoms with van der Waals surface area (Å²) in [6.45, 7) is 1.49. The molecule has 0 fully saturated rings. The Balaban J connectivity index is 1.91. The van der Waals surface area contributed by atoms with Crippen LogP contribution in [0.5, 0.6) is 5.75 Å². The van der Waals surface area contributed by atoms with Gasteiger partial charge in [-0.3, -0.25) is 4.79 Å². The zero-order valence-corrected chi connectivity index (χ0v) is 14.6. The van der Waals surface area contributed by atoms with Gasteiger partial charge in [-0.2, -0.15) is 0 Å². The van der Waals surface area contributed by atoms with Gasteiger partial charge in [0.15, 0.2) is 6.10 Å². The van der Waals surface area contributed by atoms with Crippen LogP contribution in [0.4, 0.5) is 5.69 Å². The number of methoxy groups -OCH3 is 1. The number of esters is 1. The van der Waals surface area contributed by atoms with Gasteiger partial charge in [-0.25, -0.2) is 4.79 Å². The molecule has 0 saturated carbocycles. The fourth-order valence-electron chi connectivity index (χ4n) is 1.97. The lowest BCUT2D eigenvalue weighted by Gasteiger charge is -2.13. The molecule has 25 heavy (non-hydrogen) atoms. The molecule has 0 aromatic heterocycles. The van der Waals surface area contributed by atoms with Crippen molar-refractivity contribution in [3.05, 3.63) is 65.2 Å². The molecule has 6 heteroatoms. The van der Waals surface area contributed by atoms with Crippen LogP contribution in [0.3, 0.4) is 0 Å². The van der Waals surface area contributed by atoms with Gasteiger partial charge in [-0.05, 0) is 42.8 Å². The Morgan fingerprint density at radius 1 is 1.16 bits per heavy atom. The third-order valence-corrected chi connectivity index (χ3v) is 3.63. The summed E-state index contributed by atoms with van der Waals surface area (Å²) in [4.78, 5) is 23.9. The van der Waals surface area contributed by atoms with E-state index in [-0.39, 0.29) is 0 Å². The molecule has 1 atom stereocenters. The second-order valence-electron chi connectivity index (χ2n) is 5.16. The van der Waals surface area contributed by atoms with Gasteiger partial charge >= 0.3 is 5.97 Å². The van der Waals surface area contributed by atoms with Gasteiger partial charge in [0.1, 0.15) is 5.75 Å². The minimum Gasteiger partial charge on any atom is -0.497 e. The highest BCUT2D eigenvalue weighted by Gasteiger charge is 2.17. The molecule has 0 bridgehead atoms. The largest absolute Gasteiger partial charge is 0.497 e. The second kappa shape index (κ2) is 8.89. The standard InChI is InChI=1S/C19H18ClNO4/c1-13(19(23)21-17-9-4-3-8-16(17)20)25-18(22)11-10-14-6-5-7-15(12-14)24-2/h3-13H,1-2H3,(H,21,23)/b11-10+. The van der Waals surface area contributed by atoms with Gasteiger partial charge in [0.25, 0.3) is 5.91 Å². The van der Waals surface area contributed by atoms with E-state index in [1.165, 1.54) is 13.0 Å². The van der Waals surface area contributed by atoms with Crippen molar-refractivity contribution < 1.29 is 19.1 Å². The van der Waals surface area contributed by atoms with Crippen LogP contribution in [0.25, 0.3) is 6.08 Å². The fourth-order valence-corrected chi connectivity index (χ4v) is 2.16. The lowest BCUT2D eigenvalue weighted by atomic mass is 10.2. The van der Waals surface area contributed by atoms with Crippen molar-refractivity contribution in [1.29, 1.82) is 0 Å². The normalized spacial score (nSPS) is 11.8. The quantitative estimate of drug-likeness (QED) is 0.627. The molecule has 0 heterocycles. The molecule has 1 N–H and O–H groups in total. The second-order valence-corrected chi connectivity index (χ2v) is 5.57. The maximum Gasteiger partial charge on any atom is 0.331 e. The number of hydrogen-bond donors (Lipinski definition) is 1. The van der Waals surface area contributed by atoms with Gasteiger partial charge < -0.3 is 14.8 Å². The SMILES string of the molecule is COc1cccc(/C=C/C(=O)OC(C)C(=O)Nc2ccccc2Cl)c1. The highest BCUT2D eigenvalue weighted by molar-refractivity contribution is 6.33. The number of ether oxygens (including phenoxy) is 2. The number of benzene rings is 2. The summed E-state index contributed by atoms with van der Waals surface area (Å²) < 4.78 is 10.2. The van der Waals surface area contributed by atoms with E-state index in [1.807, 2.05) is 12.1 Å². The number of para-hydroxylation sites is 1. The number of rotatable bonds is 6. The van der Waals surface area contributed by atoms with Crippen molar-refractivity contribution in [3.8, 4) is 5.75 Å². The number of halogens is 1. The topological polar surface area (TPSA) is 64.6 Å². The highest BCUT2D eigenvalue weighted by Crippen LogP contribution is 2.20. The Morgan fingerprint density at radius 2 is 1.92 bits per heavy atom. The molecule has 0 aliphatic carbocycles. The lowest BCUT2D eigenvalue weighted by Crippen LogP contribution is -2.29. The molecule has 0 aliphatic heterocycles. The van der Waals surface area contributed by atoms with Crippen molar-refractivity contribution >= 4 is 35.2 Å². The number of carbonyl (C=O) groups excluding carboxylic acids is 2. The van der Waals surface area contributed by atoms with E-state index >= 15 is 0 Å². The van der Waals surface area contributed by atoms with Gasteiger partial charge in [0.05, 0.1) is 17.8 Å². The Kier molecular flexibility index (Phi) is 6.60. The summed E-state index contributed by atoms with van der Waals surface area (Å²) in [6, 6.07) is 14.0. The summed E-state index contributed by atoms with van der Waals surface area (Å²) >= 11 is 5.98. The van der Waals surface area contributed by atoms with Crippen LogP contribution in [0.1, 0.15) is 12.5 Å². The maximum atomic E-state index is 12.1. The Hall–Kier alpha value is -2.79. The van der Waals surface area contributed by atoms with Gasteiger partial charge in [-0.1, -0.05) is 35.9 Å². The fraction of sp³-hybridized carbons (Fsp3) is 0.158. The first-order valence-corrected chi connectivity index (χ1v) is 7.95. The minimum absolute atomic E-state index is 0.410. The Morgan fingerprint density at radius 3 is 2.64 bits per heavy atom. The molecule has 0 saturated heterocycles. The number of anilines is 1. The molecule has 2 aromatic rings. The van der Waals surface area contributed by atoms with E-state index in [2.05, 4.69) is 5.32 Å². The third kappa shape index (κ3) is 5.65. The highest BCUT2D eigenvalue weighted by atomic mass is 35.5. The molecule has 1 unspecified atom stereocenters. The van der Waals surface area contributed by atoms with Gasteiger partial charge in [0.2, 0.25) is 0 Å². The lowest BCUT2D eigenvalue weighted by molar-refractivity contribution is -0.148. The van der Waals surface area contributed by atoms with Crippen LogP contribution in [0.15, 0.2) is 54.6 Å². The molecule has 2 aromatic carbocycles. The monoisotopic (exact) mass is 359 g/mol. The predicted octanol–water partition coefficient (Wildman–Crippen LogP) is 3.93. The first-order valence-electron chi connectivity index (χ1n) is 7.57. The van der Waals surface area contributed by atoms with Crippen molar-refractivity contribution in [2.45, 2.75) is 13.0 Å². The average molecular weight is 360 g/mol. The zero-order chi connectivity index (χ0) is 18.2. The smallest absolute Gasteiger partial charge is 0.331 e. The van der Waals surface area contributed by atoms with Crippen molar-refractivity contribution in [2.75, 3.05) is 12.4 Å². The van der Waals surface area contributed by atoms with Crippen LogP contribution < -0.4 is 10.1 Å². The number of carbonyl (C=O) groups is 2. The Labute approximate surface area is 151 Å². The minimum atomic E-state index is -0.960. The van der Waals surface area contributed by atoms with E-state index in [4.69, 9.17) is 21.1 Å². The van der Waals surface area contributed by atoms with Crippen molar-refractivity contribution in [2.24, 2.45) is 0 Å². The van der Waals surface area contributed by atoms with Crippen LogP contribution in [-0.2, 0) is 14.3 Å². The van der Waals surface area contributed by atoms with Gasteiger partial charge in [0, 0.05) is 6.08 Å². The summed E-state index contributed by atoms with van der Waals surface area (Å²) in [7, 11) is 1.57. The molecular formula is C19H18ClNO4. The van der Waals surface area contributed by atoms with E-state index < -0.39 is 18.0 Å². The maximum absolute atomic E-state index is 12.1. The number of nitrogens with one attached hydrogen (secondary N) is 1. The summed E-state index contributed by atoms with van der Waals surface area (Å²) in [5.74, 6) is -0.399. The van der Waals surface area contributed by atoms with Crippen molar-refractivity contribution in [1.82, 2.24) is 0 Å². The molecule has 1 amide bonds. The van der Waals surface area contributed by atoms with E-state index in [0.717, 1.165) is 5.56 Å².